The summed E-state index contributed by atoms with van der Waals surface area (Å²) in [5.41, 5.74) is 0. The summed E-state index contributed by atoms with van der Waals surface area (Å²) in [4.78, 5) is 11.7. The van der Waals surface area contributed by atoms with E-state index in [1.807, 2.05) is 11.8 Å². The summed E-state index contributed by atoms with van der Waals surface area (Å²) in [7, 11) is -3.08. The maximum absolute atomic E-state index is 11.7. The van der Waals surface area contributed by atoms with Crippen LogP contribution < -0.4 is 5.32 Å². The standard InChI is InChI=1S/C11H21NO3S2/c1-9(2)17(14,15)6-3-11(13)7-10-8-16-5-4-12-10/h9-10,12H,3-8H2,1-2H3. The molecule has 0 bridgehead atoms. The van der Waals surface area contributed by atoms with Crippen molar-refractivity contribution >= 4 is 27.4 Å². The van der Waals surface area contributed by atoms with E-state index in [9.17, 15) is 13.2 Å². The van der Waals surface area contributed by atoms with Gasteiger partial charge in [-0.25, -0.2) is 8.42 Å². The molecule has 4 nitrogen and oxygen atoms in total. The SMILES string of the molecule is CC(C)S(=O)(=O)CCC(=O)CC1CSCCN1. The zero-order valence-electron chi connectivity index (χ0n) is 10.4. The maximum atomic E-state index is 11.7. The highest BCUT2D eigenvalue weighted by Crippen LogP contribution is 2.12. The van der Waals surface area contributed by atoms with Crippen LogP contribution in [0.3, 0.4) is 0 Å². The fourth-order valence-corrected chi connectivity index (χ4v) is 3.55. The van der Waals surface area contributed by atoms with Crippen molar-refractivity contribution < 1.29 is 13.2 Å². The zero-order valence-corrected chi connectivity index (χ0v) is 12.1. The van der Waals surface area contributed by atoms with E-state index in [0.29, 0.717) is 6.42 Å². The molecule has 1 aliphatic rings. The molecule has 0 radical (unpaired) electrons. The van der Waals surface area contributed by atoms with Crippen molar-refractivity contribution in [1.29, 1.82) is 0 Å². The van der Waals surface area contributed by atoms with Gasteiger partial charge in [-0.2, -0.15) is 11.8 Å². The van der Waals surface area contributed by atoms with Gasteiger partial charge < -0.3 is 5.32 Å². The summed E-state index contributed by atoms with van der Waals surface area (Å²) >= 11 is 1.84. The Hall–Kier alpha value is -0.0700. The monoisotopic (exact) mass is 279 g/mol. The van der Waals surface area contributed by atoms with E-state index in [2.05, 4.69) is 5.32 Å². The van der Waals surface area contributed by atoms with Gasteiger partial charge in [0.1, 0.15) is 5.78 Å². The molecule has 0 aliphatic carbocycles. The predicted octanol–water partition coefficient (Wildman–Crippen LogP) is 0.864. The van der Waals surface area contributed by atoms with Crippen molar-refractivity contribution in [1.82, 2.24) is 5.32 Å². The lowest BCUT2D eigenvalue weighted by atomic mass is 10.1. The van der Waals surface area contributed by atoms with E-state index < -0.39 is 15.1 Å². The van der Waals surface area contributed by atoms with Crippen molar-refractivity contribution in [3.63, 3.8) is 0 Å². The molecule has 0 amide bonds. The first kappa shape index (κ1) is 15.0. The minimum absolute atomic E-state index is 0.0106. The summed E-state index contributed by atoms with van der Waals surface area (Å²) in [5.74, 6) is 2.08. The second kappa shape index (κ2) is 6.75. The van der Waals surface area contributed by atoms with Gasteiger partial charge in [0.15, 0.2) is 9.84 Å². The number of ketones is 1. The van der Waals surface area contributed by atoms with Gasteiger partial charge in [0.05, 0.1) is 11.0 Å². The molecule has 1 atom stereocenters. The molecule has 1 unspecified atom stereocenters. The van der Waals surface area contributed by atoms with Crippen LogP contribution >= 0.6 is 11.8 Å². The molecule has 17 heavy (non-hydrogen) atoms. The van der Waals surface area contributed by atoms with E-state index in [1.165, 1.54) is 0 Å². The van der Waals surface area contributed by atoms with Gasteiger partial charge in [0, 0.05) is 36.9 Å². The lowest BCUT2D eigenvalue weighted by molar-refractivity contribution is -0.119. The van der Waals surface area contributed by atoms with Crippen LogP contribution in [0.4, 0.5) is 0 Å². The highest BCUT2D eigenvalue weighted by Gasteiger charge is 2.20. The van der Waals surface area contributed by atoms with E-state index in [-0.39, 0.29) is 24.0 Å². The number of carbonyl (C=O) groups is 1. The molecule has 0 saturated carbocycles. The van der Waals surface area contributed by atoms with Crippen LogP contribution in [0.15, 0.2) is 0 Å². The number of hydrogen-bond donors (Lipinski definition) is 1. The van der Waals surface area contributed by atoms with Crippen LogP contribution in [0.5, 0.6) is 0 Å². The third kappa shape index (κ3) is 5.40. The molecule has 1 N–H and O–H groups in total. The lowest BCUT2D eigenvalue weighted by Crippen LogP contribution is -2.39. The minimum Gasteiger partial charge on any atom is -0.312 e. The van der Waals surface area contributed by atoms with Crippen LogP contribution in [0, 0.1) is 0 Å². The highest BCUT2D eigenvalue weighted by molar-refractivity contribution is 7.99. The van der Waals surface area contributed by atoms with Gasteiger partial charge in [-0.1, -0.05) is 0 Å². The molecule has 0 aromatic heterocycles. The predicted molar refractivity (Wildman–Crippen MR) is 72.3 cm³/mol. The Morgan fingerprint density at radius 3 is 2.71 bits per heavy atom. The van der Waals surface area contributed by atoms with Gasteiger partial charge in [-0.05, 0) is 13.8 Å². The van der Waals surface area contributed by atoms with E-state index in [1.54, 1.807) is 13.8 Å². The second-order valence-electron chi connectivity index (χ2n) is 4.63. The Morgan fingerprint density at radius 1 is 1.47 bits per heavy atom. The molecular weight excluding hydrogens is 258 g/mol. The van der Waals surface area contributed by atoms with Crippen LogP contribution in [0.2, 0.25) is 0 Å². The van der Waals surface area contributed by atoms with Crippen LogP contribution in [-0.2, 0) is 14.6 Å². The lowest BCUT2D eigenvalue weighted by Gasteiger charge is -2.22. The number of nitrogens with one attached hydrogen (secondary N) is 1. The van der Waals surface area contributed by atoms with Crippen LogP contribution in [-0.4, -0.2) is 49.3 Å². The van der Waals surface area contributed by atoms with Gasteiger partial charge in [0.25, 0.3) is 0 Å². The molecule has 1 fully saturated rings. The molecule has 1 heterocycles. The Kier molecular flexibility index (Phi) is 5.95. The number of Topliss-reactive ketones (excluding diaryl/α,β-unsaturated/α-hetero) is 1. The fraction of sp³-hybridized carbons (Fsp3) is 0.909. The van der Waals surface area contributed by atoms with Crippen LogP contribution in [0.1, 0.15) is 26.7 Å². The molecule has 1 saturated heterocycles. The summed E-state index contributed by atoms with van der Waals surface area (Å²) in [5, 5.41) is 2.89. The Labute approximate surface area is 108 Å². The second-order valence-corrected chi connectivity index (χ2v) is 8.46. The summed E-state index contributed by atoms with van der Waals surface area (Å²) in [6.07, 6.45) is 0.615. The number of carbonyl (C=O) groups excluding carboxylic acids is 1. The van der Waals surface area contributed by atoms with Crippen LogP contribution in [0.25, 0.3) is 0 Å². The normalized spacial score (nSPS) is 21.7. The smallest absolute Gasteiger partial charge is 0.153 e. The topological polar surface area (TPSA) is 63.2 Å². The molecular formula is C11H21NO3S2. The van der Waals surface area contributed by atoms with Crippen molar-refractivity contribution in [2.75, 3.05) is 23.8 Å². The third-order valence-electron chi connectivity index (χ3n) is 2.86. The molecule has 1 rings (SSSR count). The van der Waals surface area contributed by atoms with E-state index in [4.69, 9.17) is 0 Å². The summed E-state index contributed by atoms with van der Waals surface area (Å²) in [6, 6.07) is 0.225. The fourth-order valence-electron chi connectivity index (χ4n) is 1.62. The van der Waals surface area contributed by atoms with E-state index in [0.717, 1.165) is 18.1 Å². The Balaban J connectivity index is 2.30. The molecule has 1 aliphatic heterocycles. The Bertz CT molecular complexity index is 346. The van der Waals surface area contributed by atoms with Crippen molar-refractivity contribution in [2.24, 2.45) is 0 Å². The minimum atomic E-state index is -3.08. The van der Waals surface area contributed by atoms with Crippen molar-refractivity contribution in [2.45, 2.75) is 38.0 Å². The van der Waals surface area contributed by atoms with Gasteiger partial charge in [0.2, 0.25) is 0 Å². The number of hydrogen-bond acceptors (Lipinski definition) is 5. The molecule has 100 valence electrons. The highest BCUT2D eigenvalue weighted by atomic mass is 32.2. The first-order valence-electron chi connectivity index (χ1n) is 5.96. The Morgan fingerprint density at radius 2 is 2.18 bits per heavy atom. The summed E-state index contributed by atoms with van der Waals surface area (Å²) < 4.78 is 23.1. The number of thioether (sulfide) groups is 1. The molecule has 6 heteroatoms. The molecule has 0 aromatic carbocycles. The zero-order chi connectivity index (χ0) is 12.9. The van der Waals surface area contributed by atoms with Crippen molar-refractivity contribution in [3.8, 4) is 0 Å². The first-order valence-corrected chi connectivity index (χ1v) is 8.83. The third-order valence-corrected chi connectivity index (χ3v) is 6.20. The largest absolute Gasteiger partial charge is 0.312 e. The number of sulfone groups is 1. The van der Waals surface area contributed by atoms with Gasteiger partial charge >= 0.3 is 0 Å². The average molecular weight is 279 g/mol. The molecule has 0 aromatic rings. The summed E-state index contributed by atoms with van der Waals surface area (Å²) in [6.45, 7) is 4.24. The van der Waals surface area contributed by atoms with Gasteiger partial charge in [-0.15, -0.1) is 0 Å². The van der Waals surface area contributed by atoms with E-state index >= 15 is 0 Å². The quantitative estimate of drug-likeness (QED) is 0.781. The number of rotatable bonds is 6. The maximum Gasteiger partial charge on any atom is 0.153 e. The van der Waals surface area contributed by atoms with Crippen molar-refractivity contribution in [3.05, 3.63) is 0 Å². The average Bonchev–Trinajstić information content (AvgIpc) is 2.28. The van der Waals surface area contributed by atoms with Gasteiger partial charge in [-0.3, -0.25) is 4.79 Å². The molecule has 0 spiro atoms. The first-order chi connectivity index (χ1) is 7.92.